The molecule has 4 heteroatoms. The minimum Gasteiger partial charge on any atom is -0.457 e. The van der Waals surface area contributed by atoms with Crippen LogP contribution in [0.15, 0.2) is 71.9 Å². The first-order valence-electron chi connectivity index (χ1n) is 8.91. The molecule has 0 aromatic heterocycles. The Kier molecular flexibility index (Phi) is 6.20. The summed E-state index contributed by atoms with van der Waals surface area (Å²) in [6, 6.07) is 19.8. The predicted octanol–water partition coefficient (Wildman–Crippen LogP) is 4.47. The second kappa shape index (κ2) is 8.99. The first-order chi connectivity index (χ1) is 12.8. The number of rotatable bonds is 7. The Morgan fingerprint density at radius 3 is 2.46 bits per heavy atom. The Bertz CT molecular complexity index is 755. The van der Waals surface area contributed by atoms with Crippen LogP contribution in [0.1, 0.15) is 24.5 Å². The molecule has 1 aliphatic heterocycles. The molecular weight excluding hydrogens is 326 g/mol. The van der Waals surface area contributed by atoms with Crippen LogP contribution in [0.2, 0.25) is 0 Å². The summed E-state index contributed by atoms with van der Waals surface area (Å²) in [5.74, 6) is -0.484. The standard InChI is InChI=1S/C22H23NO3/c1-2-19-20(15-23-25-16-18-11-7-4-8-12-18)21(26-22(19)24)14-13-17-9-5-3-6-10-17/h3-15,19-21H,2,16H2,1H3/b14-13+,23-15+/t19-,20-,21+/m0/s1. The normalized spacial score (nSPS) is 22.8. The first kappa shape index (κ1) is 17.9. The van der Waals surface area contributed by atoms with Crippen LogP contribution in [0.4, 0.5) is 0 Å². The molecule has 3 rings (SSSR count). The molecule has 1 aliphatic rings. The van der Waals surface area contributed by atoms with Crippen LogP contribution in [0.3, 0.4) is 0 Å². The molecule has 3 atom stereocenters. The Labute approximate surface area is 154 Å². The van der Waals surface area contributed by atoms with E-state index in [0.29, 0.717) is 13.0 Å². The van der Waals surface area contributed by atoms with E-state index in [0.717, 1.165) is 11.1 Å². The molecule has 0 aliphatic carbocycles. The number of hydrogen-bond acceptors (Lipinski definition) is 4. The summed E-state index contributed by atoms with van der Waals surface area (Å²) in [5, 5.41) is 4.10. The Morgan fingerprint density at radius 2 is 1.77 bits per heavy atom. The second-order valence-electron chi connectivity index (χ2n) is 6.28. The Morgan fingerprint density at radius 1 is 1.08 bits per heavy atom. The van der Waals surface area contributed by atoms with Crippen molar-refractivity contribution in [1.82, 2.24) is 0 Å². The van der Waals surface area contributed by atoms with Crippen LogP contribution in [-0.4, -0.2) is 18.3 Å². The van der Waals surface area contributed by atoms with Gasteiger partial charge < -0.3 is 9.57 Å². The van der Waals surface area contributed by atoms with Crippen LogP contribution in [-0.2, 0) is 21.0 Å². The topological polar surface area (TPSA) is 47.9 Å². The first-order valence-corrected chi connectivity index (χ1v) is 8.91. The maximum atomic E-state index is 12.1. The van der Waals surface area contributed by atoms with E-state index < -0.39 is 0 Å². The van der Waals surface area contributed by atoms with Gasteiger partial charge in [0, 0.05) is 0 Å². The van der Waals surface area contributed by atoms with Crippen molar-refractivity contribution in [3.63, 3.8) is 0 Å². The fourth-order valence-corrected chi connectivity index (χ4v) is 3.05. The molecule has 26 heavy (non-hydrogen) atoms. The van der Waals surface area contributed by atoms with Crippen molar-refractivity contribution in [1.29, 1.82) is 0 Å². The highest BCUT2D eigenvalue weighted by Gasteiger charge is 2.41. The predicted molar refractivity (Wildman–Crippen MR) is 102 cm³/mol. The van der Waals surface area contributed by atoms with Gasteiger partial charge in [-0.3, -0.25) is 4.79 Å². The van der Waals surface area contributed by atoms with Crippen molar-refractivity contribution in [3.05, 3.63) is 77.9 Å². The minimum absolute atomic E-state index is 0.122. The SMILES string of the molecule is CC[C@@H]1C(=O)O[C@H](/C=C/c2ccccc2)[C@H]1/C=N/OCc1ccccc1. The van der Waals surface area contributed by atoms with Gasteiger partial charge in [0.2, 0.25) is 0 Å². The molecule has 0 spiro atoms. The molecule has 0 bridgehead atoms. The lowest BCUT2D eigenvalue weighted by molar-refractivity contribution is -0.143. The van der Waals surface area contributed by atoms with Gasteiger partial charge in [-0.05, 0) is 23.6 Å². The van der Waals surface area contributed by atoms with Crippen molar-refractivity contribution in [2.24, 2.45) is 17.0 Å². The van der Waals surface area contributed by atoms with Crippen molar-refractivity contribution in [2.45, 2.75) is 26.1 Å². The molecule has 1 fully saturated rings. The smallest absolute Gasteiger partial charge is 0.310 e. The van der Waals surface area contributed by atoms with Crippen molar-refractivity contribution >= 4 is 18.3 Å². The maximum Gasteiger partial charge on any atom is 0.310 e. The highest BCUT2D eigenvalue weighted by Crippen LogP contribution is 2.31. The zero-order valence-electron chi connectivity index (χ0n) is 14.8. The highest BCUT2D eigenvalue weighted by molar-refractivity contribution is 5.82. The van der Waals surface area contributed by atoms with Crippen molar-refractivity contribution in [2.75, 3.05) is 0 Å². The van der Waals surface area contributed by atoms with Crippen LogP contribution in [0.5, 0.6) is 0 Å². The molecule has 0 saturated carbocycles. The monoisotopic (exact) mass is 349 g/mol. The number of nitrogens with zero attached hydrogens (tertiary/aromatic N) is 1. The van der Waals surface area contributed by atoms with Crippen molar-refractivity contribution < 1.29 is 14.4 Å². The molecule has 134 valence electrons. The molecule has 4 nitrogen and oxygen atoms in total. The van der Waals surface area contributed by atoms with E-state index in [1.807, 2.05) is 79.7 Å². The fraction of sp³-hybridized carbons (Fsp3) is 0.273. The second-order valence-corrected chi connectivity index (χ2v) is 6.28. The summed E-state index contributed by atoms with van der Waals surface area (Å²) in [4.78, 5) is 17.5. The van der Waals surface area contributed by atoms with E-state index in [1.54, 1.807) is 6.21 Å². The van der Waals surface area contributed by atoms with Gasteiger partial charge in [0.1, 0.15) is 12.7 Å². The summed E-state index contributed by atoms with van der Waals surface area (Å²) >= 11 is 0. The lowest BCUT2D eigenvalue weighted by Crippen LogP contribution is -2.20. The number of esters is 1. The average Bonchev–Trinajstić information content (AvgIpc) is 2.99. The fourth-order valence-electron chi connectivity index (χ4n) is 3.05. The molecule has 2 aromatic carbocycles. The van der Waals surface area contributed by atoms with Crippen LogP contribution >= 0.6 is 0 Å². The van der Waals surface area contributed by atoms with E-state index in [-0.39, 0.29) is 23.9 Å². The number of carbonyl (C=O) groups excluding carboxylic acids is 1. The lowest BCUT2D eigenvalue weighted by Gasteiger charge is -2.12. The van der Waals surface area contributed by atoms with Crippen LogP contribution < -0.4 is 0 Å². The lowest BCUT2D eigenvalue weighted by atomic mass is 9.89. The minimum atomic E-state index is -0.322. The summed E-state index contributed by atoms with van der Waals surface area (Å²) in [6.45, 7) is 2.39. The highest BCUT2D eigenvalue weighted by atomic mass is 16.6. The van der Waals surface area contributed by atoms with Gasteiger partial charge in [0.15, 0.2) is 0 Å². The van der Waals surface area contributed by atoms with Gasteiger partial charge in [-0.1, -0.05) is 78.8 Å². The molecule has 0 radical (unpaired) electrons. The number of cyclic esters (lactones) is 1. The van der Waals surface area contributed by atoms with Crippen LogP contribution in [0.25, 0.3) is 6.08 Å². The summed E-state index contributed by atoms with van der Waals surface area (Å²) in [5.41, 5.74) is 2.12. The molecular formula is C22H23NO3. The third-order valence-corrected chi connectivity index (χ3v) is 4.50. The van der Waals surface area contributed by atoms with E-state index >= 15 is 0 Å². The summed E-state index contributed by atoms with van der Waals surface area (Å²) < 4.78 is 5.54. The number of oxime groups is 1. The van der Waals surface area contributed by atoms with Gasteiger partial charge in [-0.15, -0.1) is 0 Å². The van der Waals surface area contributed by atoms with Crippen molar-refractivity contribution in [3.8, 4) is 0 Å². The molecule has 1 saturated heterocycles. The summed E-state index contributed by atoms with van der Waals surface area (Å²) in [6.07, 6.45) is 6.00. The molecule has 1 heterocycles. The van der Waals surface area contributed by atoms with Gasteiger partial charge in [0.25, 0.3) is 0 Å². The molecule has 0 unspecified atom stereocenters. The van der Waals surface area contributed by atoms with Gasteiger partial charge in [-0.25, -0.2) is 0 Å². The third-order valence-electron chi connectivity index (χ3n) is 4.50. The Hall–Kier alpha value is -2.88. The largest absolute Gasteiger partial charge is 0.457 e. The van der Waals surface area contributed by atoms with Gasteiger partial charge in [0.05, 0.1) is 18.1 Å². The maximum absolute atomic E-state index is 12.1. The zero-order valence-corrected chi connectivity index (χ0v) is 14.8. The molecule has 2 aromatic rings. The van der Waals surface area contributed by atoms with E-state index in [1.165, 1.54) is 0 Å². The molecule has 0 amide bonds. The Balaban J connectivity index is 1.65. The quantitative estimate of drug-likeness (QED) is 0.421. The van der Waals surface area contributed by atoms with E-state index in [4.69, 9.17) is 9.57 Å². The van der Waals surface area contributed by atoms with Crippen LogP contribution in [0, 0.1) is 11.8 Å². The van der Waals surface area contributed by atoms with E-state index in [9.17, 15) is 4.79 Å². The third kappa shape index (κ3) is 4.60. The van der Waals surface area contributed by atoms with E-state index in [2.05, 4.69) is 5.16 Å². The number of hydrogen-bond donors (Lipinski definition) is 0. The number of ether oxygens (including phenoxy) is 1. The summed E-state index contributed by atoms with van der Waals surface area (Å²) in [7, 11) is 0. The number of carbonyl (C=O) groups is 1. The zero-order chi connectivity index (χ0) is 18.2. The van der Waals surface area contributed by atoms with Gasteiger partial charge in [-0.2, -0.15) is 0 Å². The average molecular weight is 349 g/mol. The molecule has 0 N–H and O–H groups in total. The van der Waals surface area contributed by atoms with Gasteiger partial charge >= 0.3 is 5.97 Å². The number of benzene rings is 2.